The molecule has 1 saturated carbocycles. The number of aryl methyl sites for hydroxylation is 1. The second kappa shape index (κ2) is 4.75. The first-order chi connectivity index (χ1) is 7.35. The number of pyridine rings is 1. The Bertz CT molecular complexity index is 318. The van der Waals surface area contributed by atoms with E-state index in [1.54, 1.807) is 0 Å². The van der Waals surface area contributed by atoms with Crippen molar-refractivity contribution in [1.29, 1.82) is 0 Å². The lowest BCUT2D eigenvalue weighted by molar-refractivity contribution is 0.510. The molecule has 1 N–H and O–H groups in total. The normalized spacial score (nSPS) is 17.7. The Hall–Kier alpha value is -0.890. The molecule has 0 saturated heterocycles. The molecule has 2 rings (SSSR count). The molecule has 1 heterocycles. The summed E-state index contributed by atoms with van der Waals surface area (Å²) in [5.41, 5.74) is 2.83. The molecule has 2 heteroatoms. The zero-order valence-corrected chi connectivity index (χ0v) is 9.66. The van der Waals surface area contributed by atoms with Gasteiger partial charge in [0.1, 0.15) is 0 Å². The zero-order chi connectivity index (χ0) is 10.7. The first kappa shape index (κ1) is 10.6. The Labute approximate surface area is 92.1 Å². The quantitative estimate of drug-likeness (QED) is 0.797. The molecule has 0 radical (unpaired) electrons. The molecule has 0 aliphatic heterocycles. The minimum Gasteiger partial charge on any atom is -0.313 e. The third-order valence-corrected chi connectivity index (χ3v) is 3.31. The van der Waals surface area contributed by atoms with E-state index in [0.29, 0.717) is 6.04 Å². The van der Waals surface area contributed by atoms with Crippen molar-refractivity contribution >= 4 is 0 Å². The van der Waals surface area contributed by atoms with Crippen LogP contribution in [0.4, 0.5) is 0 Å². The second-order valence-corrected chi connectivity index (χ2v) is 4.45. The highest BCUT2D eigenvalue weighted by atomic mass is 14.9. The van der Waals surface area contributed by atoms with Crippen LogP contribution in [-0.4, -0.2) is 12.0 Å². The summed E-state index contributed by atoms with van der Waals surface area (Å²) in [6.45, 7) is 2.20. The van der Waals surface area contributed by atoms with E-state index in [1.807, 2.05) is 12.4 Å². The molecule has 1 aliphatic carbocycles. The van der Waals surface area contributed by atoms with Gasteiger partial charge >= 0.3 is 0 Å². The average Bonchev–Trinajstić information content (AvgIpc) is 3.10. The molecule has 1 unspecified atom stereocenters. The molecule has 1 aliphatic rings. The lowest BCUT2D eigenvalue weighted by Gasteiger charge is -2.19. The summed E-state index contributed by atoms with van der Waals surface area (Å²) in [5.74, 6) is 0.959. The maximum atomic E-state index is 4.20. The van der Waals surface area contributed by atoms with Gasteiger partial charge in [-0.15, -0.1) is 0 Å². The van der Waals surface area contributed by atoms with E-state index in [0.717, 1.165) is 12.3 Å². The molecule has 1 aromatic rings. The number of nitrogens with one attached hydrogen (secondary N) is 1. The van der Waals surface area contributed by atoms with Gasteiger partial charge in [-0.1, -0.05) is 19.8 Å². The summed E-state index contributed by atoms with van der Waals surface area (Å²) in [6.07, 6.45) is 9.12. The smallest absolute Gasteiger partial charge is 0.0324 e. The summed E-state index contributed by atoms with van der Waals surface area (Å²) in [4.78, 5) is 4.20. The van der Waals surface area contributed by atoms with Crippen LogP contribution in [0.15, 0.2) is 18.5 Å². The number of hydrogen-bond acceptors (Lipinski definition) is 2. The van der Waals surface area contributed by atoms with E-state index in [1.165, 1.54) is 30.4 Å². The van der Waals surface area contributed by atoms with E-state index in [4.69, 9.17) is 0 Å². The fourth-order valence-electron chi connectivity index (χ4n) is 2.16. The van der Waals surface area contributed by atoms with Crippen LogP contribution in [0, 0.1) is 5.92 Å². The van der Waals surface area contributed by atoms with E-state index >= 15 is 0 Å². The van der Waals surface area contributed by atoms with Crippen molar-refractivity contribution < 1.29 is 0 Å². The SMILES string of the molecule is CCc1cnccc1C(CC1CC1)NC. The summed E-state index contributed by atoms with van der Waals surface area (Å²) in [5, 5.41) is 3.44. The molecule has 15 heavy (non-hydrogen) atoms. The molecule has 82 valence electrons. The molecule has 1 atom stereocenters. The first-order valence-corrected chi connectivity index (χ1v) is 5.95. The first-order valence-electron chi connectivity index (χ1n) is 5.95. The largest absolute Gasteiger partial charge is 0.313 e. The molecule has 1 fully saturated rings. The van der Waals surface area contributed by atoms with Crippen LogP contribution in [0.25, 0.3) is 0 Å². The summed E-state index contributed by atoms with van der Waals surface area (Å²) in [6, 6.07) is 2.69. The van der Waals surface area contributed by atoms with Crippen LogP contribution in [0.1, 0.15) is 43.4 Å². The molecule has 2 nitrogen and oxygen atoms in total. The lowest BCUT2D eigenvalue weighted by Crippen LogP contribution is -2.18. The van der Waals surface area contributed by atoms with Gasteiger partial charge in [0.25, 0.3) is 0 Å². The average molecular weight is 204 g/mol. The Balaban J connectivity index is 2.15. The van der Waals surface area contributed by atoms with Gasteiger partial charge in [-0.05, 0) is 43.0 Å². The number of nitrogens with zero attached hydrogens (tertiary/aromatic N) is 1. The maximum absolute atomic E-state index is 4.20. The van der Waals surface area contributed by atoms with Gasteiger partial charge in [-0.2, -0.15) is 0 Å². The highest BCUT2D eigenvalue weighted by Crippen LogP contribution is 2.38. The van der Waals surface area contributed by atoms with Crippen molar-refractivity contribution in [3.05, 3.63) is 29.6 Å². The summed E-state index contributed by atoms with van der Waals surface area (Å²) in [7, 11) is 2.06. The van der Waals surface area contributed by atoms with Crippen molar-refractivity contribution in [2.75, 3.05) is 7.05 Å². The minimum atomic E-state index is 0.524. The maximum Gasteiger partial charge on any atom is 0.0324 e. The van der Waals surface area contributed by atoms with Crippen molar-refractivity contribution in [3.8, 4) is 0 Å². The molecular weight excluding hydrogens is 184 g/mol. The van der Waals surface area contributed by atoms with Gasteiger partial charge in [0.15, 0.2) is 0 Å². The molecule has 1 aromatic heterocycles. The standard InChI is InChI=1S/C13H20N2/c1-3-11-9-15-7-6-12(11)13(14-2)8-10-4-5-10/h6-7,9-10,13-14H,3-5,8H2,1-2H3. The Morgan fingerprint density at radius 1 is 1.53 bits per heavy atom. The van der Waals surface area contributed by atoms with Crippen LogP contribution in [0.5, 0.6) is 0 Å². The highest BCUT2D eigenvalue weighted by molar-refractivity contribution is 5.27. The molecule has 0 aromatic carbocycles. The lowest BCUT2D eigenvalue weighted by atomic mass is 9.97. The third kappa shape index (κ3) is 2.57. The van der Waals surface area contributed by atoms with E-state index in [9.17, 15) is 0 Å². The third-order valence-electron chi connectivity index (χ3n) is 3.31. The summed E-state index contributed by atoms with van der Waals surface area (Å²) < 4.78 is 0. The Kier molecular flexibility index (Phi) is 3.37. The van der Waals surface area contributed by atoms with Crippen LogP contribution < -0.4 is 5.32 Å². The van der Waals surface area contributed by atoms with Crippen LogP contribution in [0.3, 0.4) is 0 Å². The monoisotopic (exact) mass is 204 g/mol. The van der Waals surface area contributed by atoms with Crippen LogP contribution in [0.2, 0.25) is 0 Å². The fraction of sp³-hybridized carbons (Fsp3) is 0.615. The van der Waals surface area contributed by atoms with E-state index in [2.05, 4.69) is 30.3 Å². The molecule has 0 bridgehead atoms. The van der Waals surface area contributed by atoms with Crippen molar-refractivity contribution in [3.63, 3.8) is 0 Å². The Morgan fingerprint density at radius 3 is 2.93 bits per heavy atom. The predicted octanol–water partition coefficient (Wildman–Crippen LogP) is 2.70. The number of hydrogen-bond donors (Lipinski definition) is 1. The van der Waals surface area contributed by atoms with Crippen molar-refractivity contribution in [2.24, 2.45) is 5.92 Å². The fourth-order valence-corrected chi connectivity index (χ4v) is 2.16. The highest BCUT2D eigenvalue weighted by Gasteiger charge is 2.26. The predicted molar refractivity (Wildman–Crippen MR) is 62.8 cm³/mol. The van der Waals surface area contributed by atoms with Crippen molar-refractivity contribution in [2.45, 2.75) is 38.6 Å². The van der Waals surface area contributed by atoms with Gasteiger partial charge in [-0.3, -0.25) is 4.98 Å². The molecule has 0 spiro atoms. The number of rotatable bonds is 5. The Morgan fingerprint density at radius 2 is 2.33 bits per heavy atom. The van der Waals surface area contributed by atoms with Gasteiger partial charge < -0.3 is 5.32 Å². The minimum absolute atomic E-state index is 0.524. The van der Waals surface area contributed by atoms with Gasteiger partial charge in [0, 0.05) is 18.4 Å². The topological polar surface area (TPSA) is 24.9 Å². The van der Waals surface area contributed by atoms with E-state index < -0.39 is 0 Å². The zero-order valence-electron chi connectivity index (χ0n) is 9.66. The van der Waals surface area contributed by atoms with Gasteiger partial charge in [-0.25, -0.2) is 0 Å². The van der Waals surface area contributed by atoms with Crippen LogP contribution >= 0.6 is 0 Å². The van der Waals surface area contributed by atoms with E-state index in [-0.39, 0.29) is 0 Å². The summed E-state index contributed by atoms with van der Waals surface area (Å²) >= 11 is 0. The second-order valence-electron chi connectivity index (χ2n) is 4.45. The van der Waals surface area contributed by atoms with Crippen LogP contribution in [-0.2, 0) is 6.42 Å². The molecular formula is C13H20N2. The molecule has 0 amide bonds. The number of aromatic nitrogens is 1. The van der Waals surface area contributed by atoms with Crippen molar-refractivity contribution in [1.82, 2.24) is 10.3 Å². The van der Waals surface area contributed by atoms with Gasteiger partial charge in [0.2, 0.25) is 0 Å². The van der Waals surface area contributed by atoms with Gasteiger partial charge in [0.05, 0.1) is 0 Å².